The fourth-order valence-electron chi connectivity index (χ4n) is 1.58. The highest BCUT2D eigenvalue weighted by Gasteiger charge is 2.11. The molecule has 1 aromatic heterocycles. The molecule has 4 nitrogen and oxygen atoms in total. The second kappa shape index (κ2) is 4.42. The van der Waals surface area contributed by atoms with E-state index in [4.69, 9.17) is 5.26 Å². The van der Waals surface area contributed by atoms with Crippen LogP contribution in [-0.4, -0.2) is 18.1 Å². The molecular weight excluding hydrogens is 216 g/mol. The lowest BCUT2D eigenvalue weighted by atomic mass is 10.1. The molecule has 0 atom stereocenters. The van der Waals surface area contributed by atoms with Gasteiger partial charge < -0.3 is 9.72 Å². The first-order valence-electron chi connectivity index (χ1n) is 4.86. The maximum Gasteiger partial charge on any atom is 0.340 e. The Hall–Kier alpha value is -2.72. The highest BCUT2D eigenvalue weighted by molar-refractivity contribution is 6.04. The molecule has 0 amide bonds. The minimum Gasteiger partial charge on any atom is -0.465 e. The SMILES string of the molecule is COC(=O)c1c[nH]c2ccc(C#CC#N)cc12. The summed E-state index contributed by atoms with van der Waals surface area (Å²) in [6.07, 6.45) is 1.60. The summed E-state index contributed by atoms with van der Waals surface area (Å²) in [6.45, 7) is 0. The third kappa shape index (κ3) is 1.97. The van der Waals surface area contributed by atoms with E-state index in [0.717, 1.165) is 10.9 Å². The monoisotopic (exact) mass is 224 g/mol. The zero-order chi connectivity index (χ0) is 12.3. The molecule has 0 saturated carbocycles. The standard InChI is InChI=1S/C13H8N2O2/c1-17-13(16)11-8-15-12-5-4-9(3-2-6-14)7-10(11)12/h4-5,7-8,15H,1H3. The summed E-state index contributed by atoms with van der Waals surface area (Å²) in [5, 5.41) is 9.12. The Balaban J connectivity index is 2.59. The van der Waals surface area contributed by atoms with Gasteiger partial charge in [-0.1, -0.05) is 5.92 Å². The number of carbonyl (C=O) groups is 1. The van der Waals surface area contributed by atoms with E-state index < -0.39 is 5.97 Å². The summed E-state index contributed by atoms with van der Waals surface area (Å²) in [6, 6.07) is 7.09. The maximum absolute atomic E-state index is 11.5. The van der Waals surface area contributed by atoms with Gasteiger partial charge in [0.15, 0.2) is 6.07 Å². The number of H-pyrrole nitrogens is 1. The van der Waals surface area contributed by atoms with Gasteiger partial charge in [0.25, 0.3) is 0 Å². The van der Waals surface area contributed by atoms with Crippen molar-refractivity contribution in [2.45, 2.75) is 0 Å². The molecule has 82 valence electrons. The minimum absolute atomic E-state index is 0.401. The van der Waals surface area contributed by atoms with Crippen LogP contribution in [0.4, 0.5) is 0 Å². The first kappa shape index (κ1) is 10.8. The summed E-state index contributed by atoms with van der Waals surface area (Å²) < 4.78 is 4.68. The molecular formula is C13H8N2O2. The van der Waals surface area contributed by atoms with Gasteiger partial charge >= 0.3 is 5.97 Å². The molecule has 0 radical (unpaired) electrons. The normalized spacial score (nSPS) is 9.18. The average Bonchev–Trinajstić information content (AvgIpc) is 2.78. The number of nitriles is 1. The van der Waals surface area contributed by atoms with Crippen molar-refractivity contribution >= 4 is 16.9 Å². The van der Waals surface area contributed by atoms with E-state index in [-0.39, 0.29) is 0 Å². The van der Waals surface area contributed by atoms with E-state index in [1.807, 2.05) is 6.07 Å². The molecule has 17 heavy (non-hydrogen) atoms. The number of methoxy groups -OCH3 is 1. The topological polar surface area (TPSA) is 65.9 Å². The predicted molar refractivity (Wildman–Crippen MR) is 62.1 cm³/mol. The van der Waals surface area contributed by atoms with Gasteiger partial charge in [0.2, 0.25) is 0 Å². The van der Waals surface area contributed by atoms with E-state index in [1.165, 1.54) is 7.11 Å². The zero-order valence-electron chi connectivity index (χ0n) is 9.07. The van der Waals surface area contributed by atoms with Crippen LogP contribution in [0.25, 0.3) is 10.9 Å². The lowest BCUT2D eigenvalue weighted by molar-refractivity contribution is 0.0603. The van der Waals surface area contributed by atoms with Gasteiger partial charge in [-0.25, -0.2) is 4.79 Å². The second-order valence-corrected chi connectivity index (χ2v) is 3.32. The Morgan fingerprint density at radius 3 is 3.00 bits per heavy atom. The van der Waals surface area contributed by atoms with Gasteiger partial charge in [0, 0.05) is 28.6 Å². The van der Waals surface area contributed by atoms with Gasteiger partial charge in [-0.3, -0.25) is 0 Å². The molecule has 0 aliphatic carbocycles. The third-order valence-electron chi connectivity index (χ3n) is 2.35. The van der Waals surface area contributed by atoms with Crippen LogP contribution in [-0.2, 0) is 4.74 Å². The molecule has 1 heterocycles. The first-order chi connectivity index (χ1) is 8.26. The number of esters is 1. The van der Waals surface area contributed by atoms with Gasteiger partial charge in [-0.15, -0.1) is 0 Å². The van der Waals surface area contributed by atoms with Gasteiger partial charge in [-0.05, 0) is 18.2 Å². The van der Waals surface area contributed by atoms with E-state index in [0.29, 0.717) is 11.1 Å². The van der Waals surface area contributed by atoms with Crippen LogP contribution in [0.15, 0.2) is 24.4 Å². The molecule has 0 unspecified atom stereocenters. The van der Waals surface area contributed by atoms with Crippen molar-refractivity contribution in [1.82, 2.24) is 4.98 Å². The molecule has 0 aliphatic heterocycles. The highest BCUT2D eigenvalue weighted by atomic mass is 16.5. The summed E-state index contributed by atoms with van der Waals surface area (Å²) in [5.74, 6) is 4.60. The quantitative estimate of drug-likeness (QED) is 0.593. The largest absolute Gasteiger partial charge is 0.465 e. The number of benzene rings is 1. The Kier molecular flexibility index (Phi) is 2.81. The number of ether oxygens (including phenoxy) is 1. The Morgan fingerprint density at radius 2 is 2.29 bits per heavy atom. The summed E-state index contributed by atoms with van der Waals surface area (Å²) in [7, 11) is 1.33. The van der Waals surface area contributed by atoms with E-state index in [2.05, 4.69) is 21.6 Å². The molecule has 0 saturated heterocycles. The van der Waals surface area contributed by atoms with Crippen LogP contribution >= 0.6 is 0 Å². The van der Waals surface area contributed by atoms with Crippen LogP contribution in [0.3, 0.4) is 0 Å². The van der Waals surface area contributed by atoms with E-state index in [1.54, 1.807) is 24.4 Å². The Morgan fingerprint density at radius 1 is 1.47 bits per heavy atom. The van der Waals surface area contributed by atoms with Crippen molar-refractivity contribution in [3.8, 4) is 17.9 Å². The van der Waals surface area contributed by atoms with Crippen LogP contribution in [0, 0.1) is 23.2 Å². The lowest BCUT2D eigenvalue weighted by Crippen LogP contribution is -1.99. The number of nitrogens with one attached hydrogen (secondary N) is 1. The molecule has 2 aromatic rings. The summed E-state index contributed by atoms with van der Waals surface area (Å²) in [5.41, 5.74) is 1.97. The molecule has 1 aromatic carbocycles. The van der Waals surface area contributed by atoms with E-state index >= 15 is 0 Å². The molecule has 2 rings (SSSR count). The number of aromatic amines is 1. The highest BCUT2D eigenvalue weighted by Crippen LogP contribution is 2.20. The minimum atomic E-state index is -0.401. The predicted octanol–water partition coefficient (Wildman–Crippen LogP) is 1.83. The van der Waals surface area contributed by atoms with Crippen molar-refractivity contribution in [3.05, 3.63) is 35.5 Å². The van der Waals surface area contributed by atoms with Crippen molar-refractivity contribution in [3.63, 3.8) is 0 Å². The van der Waals surface area contributed by atoms with Crippen LogP contribution in [0.5, 0.6) is 0 Å². The molecule has 0 spiro atoms. The second-order valence-electron chi connectivity index (χ2n) is 3.32. The lowest BCUT2D eigenvalue weighted by Gasteiger charge is -1.97. The Bertz CT molecular complexity index is 681. The maximum atomic E-state index is 11.5. The van der Waals surface area contributed by atoms with Gasteiger partial charge in [-0.2, -0.15) is 5.26 Å². The van der Waals surface area contributed by atoms with Crippen molar-refractivity contribution < 1.29 is 9.53 Å². The summed E-state index contributed by atoms with van der Waals surface area (Å²) >= 11 is 0. The van der Waals surface area contributed by atoms with Crippen molar-refractivity contribution in [1.29, 1.82) is 5.26 Å². The van der Waals surface area contributed by atoms with Crippen molar-refractivity contribution in [2.75, 3.05) is 7.11 Å². The zero-order valence-corrected chi connectivity index (χ0v) is 9.07. The number of nitrogens with zero attached hydrogens (tertiary/aromatic N) is 1. The fourth-order valence-corrected chi connectivity index (χ4v) is 1.58. The molecule has 0 bridgehead atoms. The van der Waals surface area contributed by atoms with Gasteiger partial charge in [0.05, 0.1) is 12.7 Å². The number of rotatable bonds is 1. The van der Waals surface area contributed by atoms with Crippen molar-refractivity contribution in [2.24, 2.45) is 0 Å². The molecule has 4 heteroatoms. The fraction of sp³-hybridized carbons (Fsp3) is 0.0769. The number of hydrogen-bond donors (Lipinski definition) is 1. The van der Waals surface area contributed by atoms with Crippen LogP contribution < -0.4 is 0 Å². The van der Waals surface area contributed by atoms with E-state index in [9.17, 15) is 4.79 Å². The first-order valence-corrected chi connectivity index (χ1v) is 4.86. The summed E-state index contributed by atoms with van der Waals surface area (Å²) in [4.78, 5) is 14.5. The third-order valence-corrected chi connectivity index (χ3v) is 2.35. The Labute approximate surface area is 97.8 Å². The number of fused-ring (bicyclic) bond motifs is 1. The van der Waals surface area contributed by atoms with Gasteiger partial charge in [0.1, 0.15) is 0 Å². The molecule has 0 fully saturated rings. The van der Waals surface area contributed by atoms with Crippen LogP contribution in [0.1, 0.15) is 15.9 Å². The average molecular weight is 224 g/mol. The van der Waals surface area contributed by atoms with Crippen LogP contribution in [0.2, 0.25) is 0 Å². The smallest absolute Gasteiger partial charge is 0.340 e. The number of aromatic nitrogens is 1. The number of hydrogen-bond acceptors (Lipinski definition) is 3. The molecule has 0 aliphatic rings. The number of carbonyl (C=O) groups excluding carboxylic acids is 1. The molecule has 1 N–H and O–H groups in total.